The summed E-state index contributed by atoms with van der Waals surface area (Å²) in [6, 6.07) is 6.10. The number of halogens is 2. The lowest BCUT2D eigenvalue weighted by Gasteiger charge is -2.11. The number of nitrogens with zero attached hydrogens (tertiary/aromatic N) is 2. The van der Waals surface area contributed by atoms with Crippen LogP contribution < -0.4 is 10.1 Å². The van der Waals surface area contributed by atoms with Gasteiger partial charge in [-0.1, -0.05) is 6.07 Å². The van der Waals surface area contributed by atoms with Crippen LogP contribution in [0.2, 0.25) is 0 Å². The third-order valence-corrected chi connectivity index (χ3v) is 4.68. The van der Waals surface area contributed by atoms with Crippen LogP contribution in [-0.4, -0.2) is 33.9 Å². The Balaban J connectivity index is 1.62. The second kappa shape index (κ2) is 7.50. The molecule has 0 bridgehead atoms. The molecule has 3 aromatic rings. The molecule has 0 unspecified atom stereocenters. The average Bonchev–Trinajstić information content (AvgIpc) is 3.23. The zero-order chi connectivity index (χ0) is 20.5. The molecule has 1 fully saturated rings. The highest BCUT2D eigenvalue weighted by Crippen LogP contribution is 2.24. The summed E-state index contributed by atoms with van der Waals surface area (Å²) in [6.45, 7) is 1.58. The molecular formula is C20H17F2N3O4. The highest BCUT2D eigenvalue weighted by Gasteiger charge is 2.30. The highest BCUT2D eigenvalue weighted by molar-refractivity contribution is 5.97. The summed E-state index contributed by atoms with van der Waals surface area (Å²) < 4.78 is 39.6. The maximum atomic E-state index is 13.8. The van der Waals surface area contributed by atoms with E-state index in [-0.39, 0.29) is 30.2 Å². The Bertz CT molecular complexity index is 1090. The minimum absolute atomic E-state index is 0.199. The number of cyclic esters (lactones) is 1. The Kier molecular flexibility index (Phi) is 4.87. The van der Waals surface area contributed by atoms with E-state index in [0.717, 1.165) is 12.1 Å². The lowest BCUT2D eigenvalue weighted by atomic mass is 10.2. The van der Waals surface area contributed by atoms with Gasteiger partial charge in [0.1, 0.15) is 30.0 Å². The molecule has 1 aliphatic heterocycles. The van der Waals surface area contributed by atoms with E-state index in [1.54, 1.807) is 25.3 Å². The van der Waals surface area contributed by atoms with E-state index in [0.29, 0.717) is 17.8 Å². The first kappa shape index (κ1) is 18.9. The zero-order valence-electron chi connectivity index (χ0n) is 15.4. The fourth-order valence-electron chi connectivity index (χ4n) is 3.22. The largest absolute Gasteiger partial charge is 0.485 e. The van der Waals surface area contributed by atoms with E-state index in [9.17, 15) is 18.4 Å². The van der Waals surface area contributed by atoms with Crippen molar-refractivity contribution in [3.05, 3.63) is 65.1 Å². The number of imidazole rings is 1. The first-order chi connectivity index (χ1) is 14.0. The molecule has 1 N–H and O–H groups in total. The summed E-state index contributed by atoms with van der Waals surface area (Å²) >= 11 is 0. The lowest BCUT2D eigenvalue weighted by Crippen LogP contribution is -2.38. The van der Waals surface area contributed by atoms with Crippen molar-refractivity contribution in [2.75, 3.05) is 6.61 Å². The summed E-state index contributed by atoms with van der Waals surface area (Å²) in [7, 11) is 0. The number of benzene rings is 1. The van der Waals surface area contributed by atoms with E-state index in [4.69, 9.17) is 9.47 Å². The summed E-state index contributed by atoms with van der Waals surface area (Å²) in [5.74, 6) is -2.10. The van der Waals surface area contributed by atoms with Gasteiger partial charge < -0.3 is 14.8 Å². The van der Waals surface area contributed by atoms with Crippen LogP contribution in [-0.2, 0) is 16.1 Å². The second-order valence-corrected chi connectivity index (χ2v) is 6.58. The standard InChI is InChI=1S/C20H17F2N3O4/c1-11-17(19(26)24-15-7-9-28-20(15)27)25-8-3-6-16(18(25)23-11)29-10-12-13(21)4-2-5-14(12)22/h2-6,8,15H,7,9-10H2,1H3,(H,24,26)/t15-/m1/s1. The molecular weight excluding hydrogens is 384 g/mol. The summed E-state index contributed by atoms with van der Waals surface area (Å²) in [6.07, 6.45) is 2.02. The number of aromatic nitrogens is 2. The Morgan fingerprint density at radius 3 is 2.76 bits per heavy atom. The molecule has 0 saturated carbocycles. The number of rotatable bonds is 5. The van der Waals surface area contributed by atoms with Crippen molar-refractivity contribution < 1.29 is 27.8 Å². The van der Waals surface area contributed by atoms with E-state index in [2.05, 4.69) is 10.3 Å². The van der Waals surface area contributed by atoms with E-state index >= 15 is 0 Å². The molecule has 1 aromatic carbocycles. The van der Waals surface area contributed by atoms with Gasteiger partial charge in [-0.2, -0.15) is 0 Å². The SMILES string of the molecule is Cc1nc2c(OCc3c(F)cccc3F)cccn2c1C(=O)N[C@@H]1CCOC1=O. The maximum Gasteiger partial charge on any atom is 0.328 e. The Labute approximate surface area is 164 Å². The van der Waals surface area contributed by atoms with Crippen LogP contribution >= 0.6 is 0 Å². The number of carbonyl (C=O) groups is 2. The van der Waals surface area contributed by atoms with Crippen LogP contribution in [0.15, 0.2) is 36.5 Å². The summed E-state index contributed by atoms with van der Waals surface area (Å²) in [5, 5.41) is 2.64. The van der Waals surface area contributed by atoms with Gasteiger partial charge in [0.15, 0.2) is 11.4 Å². The van der Waals surface area contributed by atoms with Gasteiger partial charge in [0.25, 0.3) is 5.91 Å². The van der Waals surface area contributed by atoms with Gasteiger partial charge >= 0.3 is 5.97 Å². The number of aryl methyl sites for hydroxylation is 1. The van der Waals surface area contributed by atoms with Crippen LogP contribution in [0.4, 0.5) is 8.78 Å². The smallest absolute Gasteiger partial charge is 0.328 e. The fourth-order valence-corrected chi connectivity index (χ4v) is 3.22. The van der Waals surface area contributed by atoms with Gasteiger partial charge in [-0.05, 0) is 31.2 Å². The van der Waals surface area contributed by atoms with Crippen molar-refractivity contribution in [3.8, 4) is 5.75 Å². The predicted octanol–water partition coefficient (Wildman–Crippen LogP) is 2.55. The highest BCUT2D eigenvalue weighted by atomic mass is 19.1. The molecule has 7 nitrogen and oxygen atoms in total. The number of pyridine rings is 1. The lowest BCUT2D eigenvalue weighted by molar-refractivity contribution is -0.139. The first-order valence-corrected chi connectivity index (χ1v) is 8.96. The number of hydrogen-bond acceptors (Lipinski definition) is 5. The topological polar surface area (TPSA) is 81.9 Å². The van der Waals surface area contributed by atoms with Crippen LogP contribution in [0.25, 0.3) is 5.65 Å². The molecule has 4 rings (SSSR count). The number of hydrogen-bond donors (Lipinski definition) is 1. The van der Waals surface area contributed by atoms with E-state index in [1.807, 2.05) is 0 Å². The normalized spacial score (nSPS) is 16.1. The van der Waals surface area contributed by atoms with Crippen molar-refractivity contribution in [2.24, 2.45) is 0 Å². The molecule has 0 aliphatic carbocycles. The Hall–Kier alpha value is -3.49. The molecule has 1 saturated heterocycles. The minimum Gasteiger partial charge on any atom is -0.485 e. The number of amides is 1. The monoisotopic (exact) mass is 401 g/mol. The van der Waals surface area contributed by atoms with Crippen molar-refractivity contribution in [3.63, 3.8) is 0 Å². The van der Waals surface area contributed by atoms with Gasteiger partial charge in [-0.25, -0.2) is 18.6 Å². The van der Waals surface area contributed by atoms with Gasteiger partial charge in [0.2, 0.25) is 0 Å². The molecule has 1 amide bonds. The van der Waals surface area contributed by atoms with Crippen molar-refractivity contribution >= 4 is 17.5 Å². The predicted molar refractivity (Wildman–Crippen MR) is 97.4 cm³/mol. The van der Waals surface area contributed by atoms with Crippen molar-refractivity contribution in [2.45, 2.75) is 26.0 Å². The van der Waals surface area contributed by atoms with Gasteiger partial charge in [0.05, 0.1) is 17.9 Å². The number of carbonyl (C=O) groups excluding carboxylic acids is 2. The van der Waals surface area contributed by atoms with Gasteiger partial charge in [-0.15, -0.1) is 0 Å². The molecule has 3 heterocycles. The van der Waals surface area contributed by atoms with Crippen LogP contribution in [0, 0.1) is 18.6 Å². The summed E-state index contributed by atoms with van der Waals surface area (Å²) in [4.78, 5) is 28.7. The van der Waals surface area contributed by atoms with Crippen molar-refractivity contribution in [1.29, 1.82) is 0 Å². The fraction of sp³-hybridized carbons (Fsp3) is 0.250. The second-order valence-electron chi connectivity index (χ2n) is 6.58. The molecule has 29 heavy (non-hydrogen) atoms. The molecule has 2 aromatic heterocycles. The van der Waals surface area contributed by atoms with Crippen LogP contribution in [0.1, 0.15) is 28.2 Å². The zero-order valence-corrected chi connectivity index (χ0v) is 15.4. The molecule has 9 heteroatoms. The molecule has 0 spiro atoms. The van der Waals surface area contributed by atoms with Crippen molar-refractivity contribution in [1.82, 2.24) is 14.7 Å². The first-order valence-electron chi connectivity index (χ1n) is 8.96. The number of nitrogens with one attached hydrogen (secondary N) is 1. The van der Waals surface area contributed by atoms with Gasteiger partial charge in [-0.3, -0.25) is 9.20 Å². The average molecular weight is 401 g/mol. The molecule has 0 radical (unpaired) electrons. The number of fused-ring (bicyclic) bond motifs is 1. The number of esters is 1. The maximum absolute atomic E-state index is 13.8. The number of ether oxygens (including phenoxy) is 2. The quantitative estimate of drug-likeness (QED) is 0.665. The Morgan fingerprint density at radius 1 is 1.31 bits per heavy atom. The summed E-state index contributed by atoms with van der Waals surface area (Å²) in [5.41, 5.74) is 0.778. The van der Waals surface area contributed by atoms with Crippen LogP contribution in [0.5, 0.6) is 5.75 Å². The molecule has 1 aliphatic rings. The Morgan fingerprint density at radius 2 is 2.07 bits per heavy atom. The van der Waals surface area contributed by atoms with E-state index in [1.165, 1.54) is 10.5 Å². The minimum atomic E-state index is -0.708. The van der Waals surface area contributed by atoms with E-state index < -0.39 is 29.6 Å². The van der Waals surface area contributed by atoms with Crippen LogP contribution in [0.3, 0.4) is 0 Å². The third-order valence-electron chi connectivity index (χ3n) is 4.68. The molecule has 150 valence electrons. The third kappa shape index (κ3) is 3.51. The molecule has 1 atom stereocenters. The van der Waals surface area contributed by atoms with Gasteiger partial charge in [0, 0.05) is 12.6 Å².